The van der Waals surface area contributed by atoms with Crippen LogP contribution in [0.5, 0.6) is 0 Å². The van der Waals surface area contributed by atoms with E-state index in [4.69, 9.17) is 0 Å². The summed E-state index contributed by atoms with van der Waals surface area (Å²) >= 11 is 0. The normalized spacial score (nSPS) is 21.6. The molecule has 1 aromatic heterocycles. The maximum Gasteiger partial charge on any atom is 0.246 e. The fourth-order valence-corrected chi connectivity index (χ4v) is 5.48. The third kappa shape index (κ3) is 3.58. The minimum atomic E-state index is -3.55. The van der Waals surface area contributed by atoms with Crippen LogP contribution in [0.4, 0.5) is 0 Å². The van der Waals surface area contributed by atoms with Gasteiger partial charge in [0.2, 0.25) is 15.9 Å². The Hall–Kier alpha value is -1.45. The third-order valence-electron chi connectivity index (χ3n) is 5.28. The average molecular weight is 369 g/mol. The maximum absolute atomic E-state index is 12.9. The molecule has 2 saturated heterocycles. The van der Waals surface area contributed by atoms with E-state index in [0.29, 0.717) is 37.3 Å². The van der Waals surface area contributed by atoms with E-state index in [1.807, 2.05) is 4.90 Å². The largest absolute Gasteiger partial charge is 0.340 e. The summed E-state index contributed by atoms with van der Waals surface area (Å²) in [5.41, 5.74) is 1.06. The molecule has 0 atom stereocenters. The van der Waals surface area contributed by atoms with Crippen LogP contribution in [-0.2, 0) is 14.8 Å². The van der Waals surface area contributed by atoms with E-state index in [1.54, 1.807) is 13.8 Å². The zero-order valence-corrected chi connectivity index (χ0v) is 16.0. The Bertz CT molecular complexity index is 709. The van der Waals surface area contributed by atoms with E-state index in [0.717, 1.165) is 26.2 Å². The van der Waals surface area contributed by atoms with Crippen LogP contribution in [0.3, 0.4) is 0 Å². The SMILES string of the molecule is Cc1n[nH]c(C)c1S(=O)(=O)N1CCC(C(=O)N2CCN(C)CC2)CC1. The summed E-state index contributed by atoms with van der Waals surface area (Å²) in [6.45, 7) is 7.52. The average Bonchev–Trinajstić information content (AvgIpc) is 2.94. The second-order valence-corrected chi connectivity index (χ2v) is 8.94. The lowest BCUT2D eigenvalue weighted by Gasteiger charge is -2.37. The number of aromatic amines is 1. The smallest absolute Gasteiger partial charge is 0.246 e. The highest BCUT2D eigenvalue weighted by Crippen LogP contribution is 2.27. The second kappa shape index (κ2) is 7.05. The lowest BCUT2D eigenvalue weighted by atomic mass is 9.96. The summed E-state index contributed by atoms with van der Waals surface area (Å²) in [5.74, 6) is 0.113. The molecule has 140 valence electrons. The molecule has 0 unspecified atom stereocenters. The van der Waals surface area contributed by atoms with Gasteiger partial charge >= 0.3 is 0 Å². The van der Waals surface area contributed by atoms with Crippen molar-refractivity contribution in [3.05, 3.63) is 11.4 Å². The molecular weight excluding hydrogens is 342 g/mol. The monoisotopic (exact) mass is 369 g/mol. The van der Waals surface area contributed by atoms with Gasteiger partial charge in [-0.1, -0.05) is 0 Å². The van der Waals surface area contributed by atoms with E-state index in [-0.39, 0.29) is 16.7 Å². The Morgan fingerprint density at radius 2 is 1.68 bits per heavy atom. The highest BCUT2D eigenvalue weighted by molar-refractivity contribution is 7.89. The first kappa shape index (κ1) is 18.3. The Morgan fingerprint density at radius 1 is 1.08 bits per heavy atom. The third-order valence-corrected chi connectivity index (χ3v) is 7.44. The number of amides is 1. The molecule has 3 heterocycles. The first-order valence-corrected chi connectivity index (χ1v) is 10.2. The van der Waals surface area contributed by atoms with Crippen molar-refractivity contribution in [1.82, 2.24) is 24.3 Å². The number of hydrogen-bond donors (Lipinski definition) is 1. The Labute approximate surface area is 149 Å². The predicted molar refractivity (Wildman–Crippen MR) is 93.6 cm³/mol. The number of carbonyl (C=O) groups excluding carboxylic acids is 1. The van der Waals surface area contributed by atoms with E-state index < -0.39 is 10.0 Å². The van der Waals surface area contributed by atoms with Crippen molar-refractivity contribution in [2.24, 2.45) is 5.92 Å². The Morgan fingerprint density at radius 3 is 2.20 bits per heavy atom. The molecule has 1 N–H and O–H groups in total. The minimum Gasteiger partial charge on any atom is -0.340 e. The number of piperazine rings is 1. The van der Waals surface area contributed by atoms with Gasteiger partial charge in [-0.05, 0) is 33.7 Å². The summed E-state index contributed by atoms with van der Waals surface area (Å²) in [6.07, 6.45) is 1.17. The van der Waals surface area contributed by atoms with Gasteiger partial charge in [0.1, 0.15) is 4.90 Å². The topological polar surface area (TPSA) is 89.6 Å². The lowest BCUT2D eigenvalue weighted by molar-refractivity contribution is -0.138. The zero-order valence-electron chi connectivity index (χ0n) is 15.2. The molecule has 2 aliphatic heterocycles. The van der Waals surface area contributed by atoms with Crippen LogP contribution in [0.15, 0.2) is 4.90 Å². The summed E-state index contributed by atoms with van der Waals surface area (Å²) in [4.78, 5) is 17.1. The first-order valence-electron chi connectivity index (χ1n) is 8.79. The summed E-state index contributed by atoms with van der Waals surface area (Å²) in [5, 5.41) is 6.73. The summed E-state index contributed by atoms with van der Waals surface area (Å²) < 4.78 is 27.2. The minimum absolute atomic E-state index is 0.0681. The first-order chi connectivity index (χ1) is 11.8. The highest BCUT2D eigenvalue weighted by atomic mass is 32.2. The number of carbonyl (C=O) groups is 1. The maximum atomic E-state index is 12.9. The molecule has 8 nitrogen and oxygen atoms in total. The van der Waals surface area contributed by atoms with E-state index >= 15 is 0 Å². The predicted octanol–water partition coefficient (Wildman–Crippen LogP) is 0.201. The summed E-state index contributed by atoms with van der Waals surface area (Å²) in [6, 6.07) is 0. The lowest BCUT2D eigenvalue weighted by Crippen LogP contribution is -2.51. The second-order valence-electron chi connectivity index (χ2n) is 7.07. The van der Waals surface area contributed by atoms with Gasteiger partial charge in [0.25, 0.3) is 0 Å². The number of aryl methyl sites for hydroxylation is 2. The molecule has 1 aromatic rings. The number of H-pyrrole nitrogens is 1. The van der Waals surface area contributed by atoms with Crippen LogP contribution < -0.4 is 0 Å². The number of sulfonamides is 1. The van der Waals surface area contributed by atoms with Crippen molar-refractivity contribution in [2.45, 2.75) is 31.6 Å². The van der Waals surface area contributed by atoms with Crippen LogP contribution in [0, 0.1) is 19.8 Å². The van der Waals surface area contributed by atoms with Crippen LogP contribution in [-0.4, -0.2) is 84.9 Å². The van der Waals surface area contributed by atoms with Gasteiger partial charge in [-0.15, -0.1) is 0 Å². The molecule has 0 bridgehead atoms. The number of piperidine rings is 1. The van der Waals surface area contributed by atoms with E-state index in [1.165, 1.54) is 4.31 Å². The fraction of sp³-hybridized carbons (Fsp3) is 0.750. The molecule has 1 amide bonds. The van der Waals surface area contributed by atoms with Crippen LogP contribution in [0.1, 0.15) is 24.2 Å². The summed E-state index contributed by atoms with van der Waals surface area (Å²) in [7, 11) is -1.49. The molecule has 0 saturated carbocycles. The van der Waals surface area contributed by atoms with Gasteiger partial charge in [0.15, 0.2) is 0 Å². The van der Waals surface area contributed by atoms with Crippen LogP contribution >= 0.6 is 0 Å². The van der Waals surface area contributed by atoms with Gasteiger partial charge in [-0.3, -0.25) is 9.89 Å². The molecule has 0 aromatic carbocycles. The Kier molecular flexibility index (Phi) is 5.17. The highest BCUT2D eigenvalue weighted by Gasteiger charge is 2.36. The van der Waals surface area contributed by atoms with E-state index in [9.17, 15) is 13.2 Å². The van der Waals surface area contributed by atoms with Crippen molar-refractivity contribution in [3.63, 3.8) is 0 Å². The van der Waals surface area contributed by atoms with Crippen LogP contribution in [0.25, 0.3) is 0 Å². The number of hydrogen-bond acceptors (Lipinski definition) is 5. The van der Waals surface area contributed by atoms with Crippen molar-refractivity contribution < 1.29 is 13.2 Å². The molecular formula is C16H27N5O3S. The molecule has 3 rings (SSSR count). The van der Waals surface area contributed by atoms with Gasteiger partial charge in [0, 0.05) is 45.2 Å². The number of nitrogens with one attached hydrogen (secondary N) is 1. The van der Waals surface area contributed by atoms with Gasteiger partial charge in [0.05, 0.1) is 11.4 Å². The molecule has 2 aliphatic rings. The molecule has 25 heavy (non-hydrogen) atoms. The van der Waals surface area contributed by atoms with Gasteiger partial charge < -0.3 is 9.80 Å². The van der Waals surface area contributed by atoms with Crippen molar-refractivity contribution in [3.8, 4) is 0 Å². The van der Waals surface area contributed by atoms with Crippen molar-refractivity contribution >= 4 is 15.9 Å². The quantitative estimate of drug-likeness (QED) is 0.822. The van der Waals surface area contributed by atoms with Crippen LogP contribution in [0.2, 0.25) is 0 Å². The Balaban J connectivity index is 1.63. The number of likely N-dealkylation sites (N-methyl/N-ethyl adjacent to an activating group) is 1. The molecule has 0 spiro atoms. The number of rotatable bonds is 3. The molecule has 9 heteroatoms. The zero-order chi connectivity index (χ0) is 18.2. The standard InChI is InChI=1S/C16H27N5O3S/c1-12-15(13(2)18-17-12)25(23,24)21-6-4-14(5-7-21)16(22)20-10-8-19(3)9-11-20/h14H,4-11H2,1-3H3,(H,17,18). The molecule has 2 fully saturated rings. The van der Waals surface area contributed by atoms with Crippen molar-refractivity contribution in [2.75, 3.05) is 46.3 Å². The fourth-order valence-electron chi connectivity index (χ4n) is 3.68. The number of aromatic nitrogens is 2. The molecule has 0 radical (unpaired) electrons. The van der Waals surface area contributed by atoms with E-state index in [2.05, 4.69) is 22.1 Å². The van der Waals surface area contributed by atoms with Gasteiger partial charge in [-0.2, -0.15) is 9.40 Å². The van der Waals surface area contributed by atoms with Crippen molar-refractivity contribution in [1.29, 1.82) is 0 Å². The van der Waals surface area contributed by atoms with Gasteiger partial charge in [-0.25, -0.2) is 8.42 Å². The number of nitrogens with zero attached hydrogens (tertiary/aromatic N) is 4. The molecule has 0 aliphatic carbocycles.